The number of carbonyl (C=O) groups is 1. The van der Waals surface area contributed by atoms with Crippen molar-refractivity contribution in [3.8, 4) is 17.1 Å². The molecule has 5 aromatic rings. The number of methoxy groups -OCH3 is 1. The van der Waals surface area contributed by atoms with Gasteiger partial charge < -0.3 is 9.47 Å². The van der Waals surface area contributed by atoms with E-state index < -0.39 is 18.0 Å². The number of hydrogen-bond acceptors (Lipinski definition) is 4. The third-order valence-electron chi connectivity index (χ3n) is 5.79. The van der Waals surface area contributed by atoms with Gasteiger partial charge in [-0.2, -0.15) is 0 Å². The fraction of sp³-hybridized carbons (Fsp3) is 0.0714. The Hall–Kier alpha value is -4.59. The summed E-state index contributed by atoms with van der Waals surface area (Å²) in [6, 6.07) is 23.6. The average molecular weight is 488 g/mol. The highest BCUT2D eigenvalue weighted by atomic mass is 19.4. The van der Waals surface area contributed by atoms with Crippen LogP contribution < -0.4 is 4.74 Å². The number of hydrogen-bond donors (Lipinski definition) is 0. The van der Waals surface area contributed by atoms with Crippen LogP contribution in [0, 0.1) is 0 Å². The van der Waals surface area contributed by atoms with Gasteiger partial charge in [0.1, 0.15) is 17.3 Å². The molecule has 0 saturated carbocycles. The molecule has 0 spiro atoms. The lowest BCUT2D eigenvalue weighted by Gasteiger charge is -2.12. The number of nitrogens with zero attached hydrogens (tertiary/aromatic N) is 2. The summed E-state index contributed by atoms with van der Waals surface area (Å²) in [6.45, 7) is 3.89. The van der Waals surface area contributed by atoms with E-state index in [0.29, 0.717) is 28.2 Å². The number of halogens is 3. The van der Waals surface area contributed by atoms with E-state index >= 15 is 0 Å². The average Bonchev–Trinajstić information content (AvgIpc) is 3.25. The highest BCUT2D eigenvalue weighted by molar-refractivity contribution is 6.07. The van der Waals surface area contributed by atoms with Crippen molar-refractivity contribution in [2.75, 3.05) is 7.11 Å². The summed E-state index contributed by atoms with van der Waals surface area (Å²) in [4.78, 5) is 18.6. The van der Waals surface area contributed by atoms with E-state index in [0.717, 1.165) is 28.5 Å². The molecule has 0 fully saturated rings. The zero-order chi connectivity index (χ0) is 25.4. The molecule has 1 heterocycles. The van der Waals surface area contributed by atoms with Crippen LogP contribution in [0.15, 0.2) is 91.5 Å². The first-order valence-corrected chi connectivity index (χ1v) is 10.9. The Morgan fingerprint density at radius 3 is 2.33 bits per heavy atom. The van der Waals surface area contributed by atoms with Crippen LogP contribution in [0.1, 0.15) is 15.9 Å². The van der Waals surface area contributed by atoms with Crippen LogP contribution >= 0.6 is 0 Å². The van der Waals surface area contributed by atoms with Crippen LogP contribution in [0.5, 0.6) is 5.75 Å². The third-order valence-corrected chi connectivity index (χ3v) is 5.79. The number of ether oxygens (including phenoxy) is 2. The van der Waals surface area contributed by atoms with Crippen LogP contribution in [0.3, 0.4) is 0 Å². The molecule has 0 bridgehead atoms. The SMILES string of the molecule is C=C(OC)c1ccc2nc(-c3cccc4ccccc34)n(C(=O)c3ccc(OC(F)(F)F)cc3)c2c1. The Morgan fingerprint density at radius 1 is 0.917 bits per heavy atom. The minimum absolute atomic E-state index is 0.168. The predicted molar refractivity (Wildman–Crippen MR) is 132 cm³/mol. The quantitative estimate of drug-likeness (QED) is 0.249. The number of benzene rings is 4. The standard InChI is InChI=1S/C28H19F3N2O3/c1-17(35-2)20-12-15-24-25(16-20)33(27(34)19-10-13-21(14-11-19)36-28(29,30)31)26(32-24)23-9-5-7-18-6-3-4-8-22(18)23/h3-16H,1H2,2H3. The van der Waals surface area contributed by atoms with Gasteiger partial charge in [-0.3, -0.25) is 9.36 Å². The maximum absolute atomic E-state index is 13.8. The van der Waals surface area contributed by atoms with Gasteiger partial charge in [-0.1, -0.05) is 49.0 Å². The summed E-state index contributed by atoms with van der Waals surface area (Å²) in [6.07, 6.45) is -4.83. The van der Waals surface area contributed by atoms with E-state index in [4.69, 9.17) is 9.72 Å². The van der Waals surface area contributed by atoms with Gasteiger partial charge in [0.25, 0.3) is 5.91 Å². The zero-order valence-corrected chi connectivity index (χ0v) is 19.0. The molecular formula is C28H19F3N2O3. The van der Waals surface area contributed by atoms with E-state index in [9.17, 15) is 18.0 Å². The first-order chi connectivity index (χ1) is 17.2. The second kappa shape index (κ2) is 8.88. The smallest absolute Gasteiger partial charge is 0.497 e. The van der Waals surface area contributed by atoms with Gasteiger partial charge in [-0.05, 0) is 53.2 Å². The predicted octanol–water partition coefficient (Wildman–Crippen LogP) is 7.06. The third kappa shape index (κ3) is 4.29. The summed E-state index contributed by atoms with van der Waals surface area (Å²) in [7, 11) is 1.50. The molecule has 0 unspecified atom stereocenters. The van der Waals surface area contributed by atoms with Gasteiger partial charge in [0.2, 0.25) is 0 Å². The van der Waals surface area contributed by atoms with Crippen LogP contribution in [-0.4, -0.2) is 28.9 Å². The first kappa shape index (κ1) is 23.2. The Balaban J connectivity index is 1.71. The maximum Gasteiger partial charge on any atom is 0.573 e. The number of alkyl halides is 3. The number of aromatic nitrogens is 2. The van der Waals surface area contributed by atoms with Gasteiger partial charge in [-0.15, -0.1) is 13.2 Å². The van der Waals surface area contributed by atoms with Crippen LogP contribution in [0.2, 0.25) is 0 Å². The summed E-state index contributed by atoms with van der Waals surface area (Å²) >= 11 is 0. The highest BCUT2D eigenvalue weighted by Gasteiger charge is 2.31. The van der Waals surface area contributed by atoms with Gasteiger partial charge in [0.05, 0.1) is 18.1 Å². The normalized spacial score (nSPS) is 11.6. The Labute approximate surface area is 204 Å². The molecule has 0 aliphatic carbocycles. The van der Waals surface area contributed by atoms with E-state index in [1.165, 1.54) is 23.8 Å². The molecule has 5 nitrogen and oxygen atoms in total. The van der Waals surface area contributed by atoms with Gasteiger partial charge in [0, 0.05) is 16.7 Å². The molecule has 8 heteroatoms. The maximum atomic E-state index is 13.8. The summed E-state index contributed by atoms with van der Waals surface area (Å²) in [5.74, 6) is -0.0540. The molecule has 1 aromatic heterocycles. The van der Waals surface area contributed by atoms with E-state index in [2.05, 4.69) is 11.3 Å². The minimum Gasteiger partial charge on any atom is -0.497 e. The van der Waals surface area contributed by atoms with Crippen molar-refractivity contribution >= 4 is 33.5 Å². The monoisotopic (exact) mass is 488 g/mol. The van der Waals surface area contributed by atoms with Crippen molar-refractivity contribution in [2.45, 2.75) is 6.36 Å². The Morgan fingerprint density at radius 2 is 1.61 bits per heavy atom. The lowest BCUT2D eigenvalue weighted by molar-refractivity contribution is -0.274. The molecule has 0 aliphatic rings. The second-order valence-corrected chi connectivity index (χ2v) is 8.01. The van der Waals surface area contributed by atoms with Crippen LogP contribution in [0.4, 0.5) is 13.2 Å². The van der Waals surface area contributed by atoms with Crippen molar-refractivity contribution in [1.29, 1.82) is 0 Å². The number of carbonyl (C=O) groups excluding carboxylic acids is 1. The van der Waals surface area contributed by atoms with Crippen molar-refractivity contribution in [3.63, 3.8) is 0 Å². The minimum atomic E-state index is -4.83. The number of imidazole rings is 1. The highest BCUT2D eigenvalue weighted by Crippen LogP contribution is 2.33. The van der Waals surface area contributed by atoms with Gasteiger partial charge >= 0.3 is 6.36 Å². The van der Waals surface area contributed by atoms with Crippen molar-refractivity contribution in [2.24, 2.45) is 0 Å². The molecule has 0 aliphatic heterocycles. The van der Waals surface area contributed by atoms with Crippen molar-refractivity contribution in [3.05, 3.63) is 103 Å². The molecular weight excluding hydrogens is 469 g/mol. The topological polar surface area (TPSA) is 53.4 Å². The van der Waals surface area contributed by atoms with Crippen LogP contribution in [-0.2, 0) is 4.74 Å². The lowest BCUT2D eigenvalue weighted by Crippen LogP contribution is -2.17. The second-order valence-electron chi connectivity index (χ2n) is 8.01. The van der Waals surface area contributed by atoms with E-state index in [1.807, 2.05) is 42.5 Å². The molecule has 0 atom stereocenters. The Kier molecular flexibility index (Phi) is 5.72. The largest absolute Gasteiger partial charge is 0.573 e. The summed E-state index contributed by atoms with van der Waals surface area (Å²) in [5.41, 5.74) is 2.64. The van der Waals surface area contributed by atoms with Crippen molar-refractivity contribution < 1.29 is 27.4 Å². The molecule has 5 rings (SSSR count). The zero-order valence-electron chi connectivity index (χ0n) is 19.0. The fourth-order valence-electron chi connectivity index (χ4n) is 4.10. The molecule has 180 valence electrons. The number of fused-ring (bicyclic) bond motifs is 2. The number of rotatable bonds is 5. The summed E-state index contributed by atoms with van der Waals surface area (Å²) in [5, 5.41) is 1.88. The molecule has 36 heavy (non-hydrogen) atoms. The Bertz CT molecular complexity index is 1610. The fourth-order valence-corrected chi connectivity index (χ4v) is 4.10. The molecule has 0 radical (unpaired) electrons. The molecule has 4 aromatic carbocycles. The van der Waals surface area contributed by atoms with E-state index in [1.54, 1.807) is 18.2 Å². The van der Waals surface area contributed by atoms with Crippen LogP contribution in [0.25, 0.3) is 39.0 Å². The van der Waals surface area contributed by atoms with Gasteiger partial charge in [-0.25, -0.2) is 4.98 Å². The molecule has 0 saturated heterocycles. The molecule has 0 amide bonds. The lowest BCUT2D eigenvalue weighted by atomic mass is 10.0. The van der Waals surface area contributed by atoms with E-state index in [-0.39, 0.29) is 5.56 Å². The molecule has 0 N–H and O–H groups in total. The summed E-state index contributed by atoms with van der Waals surface area (Å²) < 4.78 is 48.4. The van der Waals surface area contributed by atoms with Crippen molar-refractivity contribution in [1.82, 2.24) is 9.55 Å². The van der Waals surface area contributed by atoms with Gasteiger partial charge in [0.15, 0.2) is 0 Å². The first-order valence-electron chi connectivity index (χ1n) is 10.9.